The highest BCUT2D eigenvalue weighted by Gasteiger charge is 2.71. The molecule has 2 nitrogen and oxygen atoms in total. The van der Waals surface area contributed by atoms with Crippen molar-refractivity contribution in [3.63, 3.8) is 0 Å². The van der Waals surface area contributed by atoms with Crippen molar-refractivity contribution in [1.29, 1.82) is 0 Å². The average molecular weight is 445 g/mol. The maximum Gasteiger partial charge on any atom is 0.0858 e. The second-order valence-electron chi connectivity index (χ2n) is 15.4. The van der Waals surface area contributed by atoms with E-state index in [1.54, 1.807) is 0 Å². The Bertz CT molecular complexity index is 758. The van der Waals surface area contributed by atoms with E-state index in [-0.39, 0.29) is 16.2 Å². The summed E-state index contributed by atoms with van der Waals surface area (Å²) in [5.41, 5.74) is 1.10. The second kappa shape index (κ2) is 6.99. The van der Waals surface area contributed by atoms with Crippen LogP contribution in [-0.2, 0) is 0 Å². The summed E-state index contributed by atoms with van der Waals surface area (Å²) in [6.07, 6.45) is 10.4. The Kier molecular flexibility index (Phi) is 5.17. The first kappa shape index (κ1) is 23.7. The van der Waals surface area contributed by atoms with Crippen LogP contribution in [0.25, 0.3) is 0 Å². The zero-order valence-electron chi connectivity index (χ0n) is 22.4. The number of aliphatic hydroxyl groups excluding tert-OH is 2. The molecule has 0 radical (unpaired) electrons. The summed E-state index contributed by atoms with van der Waals surface area (Å²) in [4.78, 5) is 0. The number of fused-ring (bicyclic) bond motifs is 7. The van der Waals surface area contributed by atoms with E-state index in [9.17, 15) is 10.2 Å². The molecule has 0 aromatic carbocycles. The normalized spacial score (nSPS) is 59.2. The van der Waals surface area contributed by atoms with E-state index >= 15 is 0 Å². The van der Waals surface area contributed by atoms with Crippen LogP contribution in [0.4, 0.5) is 0 Å². The van der Waals surface area contributed by atoms with Crippen LogP contribution in [0.1, 0.15) is 113 Å². The lowest BCUT2D eigenvalue weighted by Crippen LogP contribution is -2.69. The number of rotatable bonds is 1. The maximum atomic E-state index is 11.6. The van der Waals surface area contributed by atoms with E-state index in [1.807, 2.05) is 0 Å². The van der Waals surface area contributed by atoms with Crippen LogP contribution < -0.4 is 0 Å². The van der Waals surface area contributed by atoms with Crippen LogP contribution in [0.5, 0.6) is 0 Å². The van der Waals surface area contributed by atoms with Gasteiger partial charge in [-0.25, -0.2) is 0 Å². The first-order valence-electron chi connectivity index (χ1n) is 14.1. The van der Waals surface area contributed by atoms with Gasteiger partial charge in [-0.05, 0) is 115 Å². The molecule has 0 aliphatic heterocycles. The lowest BCUT2D eigenvalue weighted by atomic mass is 9.32. The van der Waals surface area contributed by atoms with E-state index < -0.39 is 12.2 Å². The van der Waals surface area contributed by atoms with Gasteiger partial charge in [0.25, 0.3) is 0 Å². The first-order valence-corrected chi connectivity index (χ1v) is 14.1. The van der Waals surface area contributed by atoms with Crippen molar-refractivity contribution in [3.8, 4) is 0 Å². The van der Waals surface area contributed by atoms with Crippen molar-refractivity contribution in [2.75, 3.05) is 0 Å². The van der Waals surface area contributed by atoms with Gasteiger partial charge in [0.1, 0.15) is 0 Å². The van der Waals surface area contributed by atoms with Gasteiger partial charge in [0.05, 0.1) is 12.2 Å². The minimum Gasteiger partial charge on any atom is -0.390 e. The van der Waals surface area contributed by atoms with Gasteiger partial charge in [-0.3, -0.25) is 0 Å². The average Bonchev–Trinajstić information content (AvgIpc) is 3.04. The lowest BCUT2D eigenvalue weighted by molar-refractivity contribution is -0.276. The van der Waals surface area contributed by atoms with Crippen LogP contribution in [0.2, 0.25) is 0 Å². The van der Waals surface area contributed by atoms with Gasteiger partial charge < -0.3 is 10.2 Å². The third-order valence-electron chi connectivity index (χ3n) is 13.6. The molecule has 5 rings (SSSR count). The van der Waals surface area contributed by atoms with E-state index in [1.165, 1.54) is 51.4 Å². The second-order valence-corrected chi connectivity index (χ2v) is 15.4. The molecule has 0 saturated heterocycles. The molecule has 5 aliphatic rings. The number of aliphatic hydroxyl groups is 2. The van der Waals surface area contributed by atoms with Crippen LogP contribution >= 0.6 is 0 Å². The fourth-order valence-electron chi connectivity index (χ4n) is 11.9. The van der Waals surface area contributed by atoms with Gasteiger partial charge in [-0.15, -0.1) is 0 Å². The van der Waals surface area contributed by atoms with Crippen molar-refractivity contribution in [2.45, 2.75) is 125 Å². The van der Waals surface area contributed by atoms with E-state index in [0.29, 0.717) is 22.7 Å². The molecular formula is C30H52O2. The Morgan fingerprint density at radius 2 is 1.41 bits per heavy atom. The van der Waals surface area contributed by atoms with Crippen LogP contribution in [0.3, 0.4) is 0 Å². The fraction of sp³-hybridized carbons (Fsp3) is 1.00. The van der Waals surface area contributed by atoms with Gasteiger partial charge >= 0.3 is 0 Å². The van der Waals surface area contributed by atoms with Gasteiger partial charge in [0.2, 0.25) is 0 Å². The van der Waals surface area contributed by atoms with Crippen LogP contribution in [-0.4, -0.2) is 22.4 Å². The smallest absolute Gasteiger partial charge is 0.0858 e. The molecule has 0 heterocycles. The fourth-order valence-corrected chi connectivity index (χ4v) is 11.9. The largest absolute Gasteiger partial charge is 0.390 e. The van der Waals surface area contributed by atoms with Crippen molar-refractivity contribution in [1.82, 2.24) is 0 Å². The predicted octanol–water partition coefficient (Wildman–Crippen LogP) is 7.08. The van der Waals surface area contributed by atoms with E-state index in [0.717, 1.165) is 30.1 Å². The number of hydrogen-bond donors (Lipinski definition) is 2. The molecule has 5 fully saturated rings. The lowest BCUT2D eigenvalue weighted by Gasteiger charge is -2.73. The highest BCUT2D eigenvalue weighted by atomic mass is 16.3. The molecule has 2 heteroatoms. The molecule has 32 heavy (non-hydrogen) atoms. The Morgan fingerprint density at radius 3 is 2.06 bits per heavy atom. The molecule has 11 unspecified atom stereocenters. The minimum absolute atomic E-state index is 0.103. The maximum absolute atomic E-state index is 11.6. The molecule has 0 spiro atoms. The summed E-state index contributed by atoms with van der Waals surface area (Å²) in [7, 11) is 0. The van der Waals surface area contributed by atoms with Crippen molar-refractivity contribution >= 4 is 0 Å². The van der Waals surface area contributed by atoms with E-state index in [4.69, 9.17) is 0 Å². The summed E-state index contributed by atoms with van der Waals surface area (Å²) < 4.78 is 0. The molecule has 184 valence electrons. The predicted molar refractivity (Wildman–Crippen MR) is 132 cm³/mol. The summed E-state index contributed by atoms with van der Waals surface area (Å²) in [5.74, 6) is 4.41. The highest BCUT2D eigenvalue weighted by Crippen LogP contribution is 2.77. The molecule has 5 saturated carbocycles. The van der Waals surface area contributed by atoms with Gasteiger partial charge in [0, 0.05) is 5.41 Å². The van der Waals surface area contributed by atoms with Crippen LogP contribution in [0.15, 0.2) is 0 Å². The molecule has 11 atom stereocenters. The molecular weight excluding hydrogens is 392 g/mol. The quantitative estimate of drug-likeness (QED) is 0.454. The van der Waals surface area contributed by atoms with Crippen molar-refractivity contribution < 1.29 is 10.2 Å². The zero-order chi connectivity index (χ0) is 23.5. The minimum atomic E-state index is -0.575. The topological polar surface area (TPSA) is 40.5 Å². The van der Waals surface area contributed by atoms with Gasteiger partial charge in [-0.1, -0.05) is 55.4 Å². The summed E-state index contributed by atoms with van der Waals surface area (Å²) in [6.45, 7) is 20.0. The van der Waals surface area contributed by atoms with Gasteiger partial charge in [0.15, 0.2) is 0 Å². The Hall–Kier alpha value is -0.0800. The summed E-state index contributed by atoms with van der Waals surface area (Å²) in [6, 6.07) is 0. The van der Waals surface area contributed by atoms with Crippen molar-refractivity contribution in [2.24, 2.45) is 62.6 Å². The van der Waals surface area contributed by atoms with Gasteiger partial charge in [-0.2, -0.15) is 0 Å². The molecule has 0 aromatic rings. The standard InChI is InChI=1S/C30H52O2/c1-18(2)19-11-13-27(5)15-16-28(6)20(24(19)27)9-10-23-29(28,7)14-12-22-26(3,4)17-21(31)25(32)30(22,23)8/h18-25,31-32H,9-17H2,1-8H3. The van der Waals surface area contributed by atoms with E-state index in [2.05, 4.69) is 55.4 Å². The molecule has 0 bridgehead atoms. The molecule has 0 aromatic heterocycles. The molecule has 2 N–H and O–H groups in total. The SMILES string of the molecule is CC(C)C1CCC2(C)CCC3(C)C(CCC4C5(C)C(O)C(O)CC(C)(C)C5CCC43C)C12. The zero-order valence-corrected chi connectivity index (χ0v) is 22.4. The number of hydrogen-bond acceptors (Lipinski definition) is 2. The Balaban J connectivity index is 1.57. The first-order chi connectivity index (χ1) is 14.7. The summed E-state index contributed by atoms with van der Waals surface area (Å²) >= 11 is 0. The summed E-state index contributed by atoms with van der Waals surface area (Å²) in [5, 5.41) is 22.5. The van der Waals surface area contributed by atoms with Crippen molar-refractivity contribution in [3.05, 3.63) is 0 Å². The third kappa shape index (κ3) is 2.72. The molecule has 0 amide bonds. The highest BCUT2D eigenvalue weighted by molar-refractivity contribution is 5.20. The van der Waals surface area contributed by atoms with Crippen LogP contribution in [0, 0.1) is 62.6 Å². The Morgan fingerprint density at radius 1 is 0.719 bits per heavy atom. The Labute approximate surface area is 198 Å². The monoisotopic (exact) mass is 444 g/mol. The molecule has 5 aliphatic carbocycles. The third-order valence-corrected chi connectivity index (χ3v) is 13.6.